The third kappa shape index (κ3) is 5.21. The van der Waals surface area contributed by atoms with Crippen LogP contribution in [-0.2, 0) is 13.2 Å². The molecule has 0 saturated heterocycles. The van der Waals surface area contributed by atoms with Crippen LogP contribution in [0, 0.1) is 0 Å². The maximum Gasteiger partial charge on any atom is 0.119 e. The van der Waals surface area contributed by atoms with E-state index in [-0.39, 0.29) is 12.1 Å². The lowest BCUT2D eigenvalue weighted by atomic mass is 10.1. The molecule has 0 aliphatic rings. The molecule has 2 aromatic rings. The molecule has 2 aromatic carbocycles. The fourth-order valence-corrected chi connectivity index (χ4v) is 1.84. The average molecular weight is 285 g/mol. The Kier molecular flexibility index (Phi) is 5.37. The van der Waals surface area contributed by atoms with Crippen LogP contribution in [0.15, 0.2) is 54.6 Å². The van der Waals surface area contributed by atoms with Crippen molar-refractivity contribution in [3.05, 3.63) is 65.7 Å². The first-order valence-corrected chi connectivity index (χ1v) is 7.21. The minimum Gasteiger partial charge on any atom is -0.489 e. The van der Waals surface area contributed by atoms with Crippen molar-refractivity contribution in [3.8, 4) is 5.75 Å². The molecule has 0 aliphatic heterocycles. The smallest absolute Gasteiger partial charge is 0.119 e. The van der Waals surface area contributed by atoms with Crippen LogP contribution in [-0.4, -0.2) is 17.3 Å². The van der Waals surface area contributed by atoms with Crippen molar-refractivity contribution in [2.75, 3.05) is 6.61 Å². The number of aliphatic hydroxyl groups excluding tert-OH is 1. The molecule has 0 bridgehead atoms. The van der Waals surface area contributed by atoms with E-state index in [1.54, 1.807) is 0 Å². The zero-order valence-corrected chi connectivity index (χ0v) is 12.7. The Labute approximate surface area is 126 Å². The summed E-state index contributed by atoms with van der Waals surface area (Å²) in [5.41, 5.74) is 2.07. The monoisotopic (exact) mass is 285 g/mol. The Bertz CT molecular complexity index is 535. The summed E-state index contributed by atoms with van der Waals surface area (Å²) in [6, 6.07) is 18.2. The number of rotatable bonds is 7. The summed E-state index contributed by atoms with van der Waals surface area (Å²) in [7, 11) is 0. The highest BCUT2D eigenvalue weighted by Gasteiger charge is 2.14. The Balaban J connectivity index is 1.84. The van der Waals surface area contributed by atoms with E-state index in [0.29, 0.717) is 6.61 Å². The van der Waals surface area contributed by atoms with Gasteiger partial charge in [-0.25, -0.2) is 0 Å². The summed E-state index contributed by atoms with van der Waals surface area (Å²) in [5.74, 6) is 0.865. The van der Waals surface area contributed by atoms with E-state index in [2.05, 4.69) is 17.4 Å². The van der Waals surface area contributed by atoms with Gasteiger partial charge < -0.3 is 15.2 Å². The lowest BCUT2D eigenvalue weighted by molar-refractivity contribution is 0.187. The van der Waals surface area contributed by atoms with Crippen LogP contribution >= 0.6 is 0 Å². The molecule has 0 saturated carbocycles. The molecule has 0 atom stereocenters. The fourth-order valence-electron chi connectivity index (χ4n) is 1.84. The van der Waals surface area contributed by atoms with E-state index >= 15 is 0 Å². The Hall–Kier alpha value is -1.84. The highest BCUT2D eigenvalue weighted by atomic mass is 16.5. The standard InChI is InChI=1S/C18H23NO2/c1-18(2,14-20)19-12-15-8-10-17(11-9-15)21-13-16-6-4-3-5-7-16/h3-11,19-20H,12-14H2,1-2H3. The van der Waals surface area contributed by atoms with Gasteiger partial charge in [-0.1, -0.05) is 42.5 Å². The zero-order valence-electron chi connectivity index (χ0n) is 12.7. The van der Waals surface area contributed by atoms with E-state index in [9.17, 15) is 5.11 Å². The first-order chi connectivity index (χ1) is 10.1. The van der Waals surface area contributed by atoms with Gasteiger partial charge >= 0.3 is 0 Å². The first kappa shape index (κ1) is 15.5. The predicted molar refractivity (Wildman–Crippen MR) is 85.2 cm³/mol. The van der Waals surface area contributed by atoms with Crippen molar-refractivity contribution in [2.24, 2.45) is 0 Å². The second kappa shape index (κ2) is 7.25. The Morgan fingerprint density at radius 1 is 0.952 bits per heavy atom. The van der Waals surface area contributed by atoms with Gasteiger partial charge in [-0.3, -0.25) is 0 Å². The largest absolute Gasteiger partial charge is 0.489 e. The molecule has 2 N–H and O–H groups in total. The maximum absolute atomic E-state index is 9.21. The van der Waals surface area contributed by atoms with Gasteiger partial charge in [-0.2, -0.15) is 0 Å². The lowest BCUT2D eigenvalue weighted by Gasteiger charge is -2.23. The van der Waals surface area contributed by atoms with E-state index in [1.165, 1.54) is 5.56 Å². The van der Waals surface area contributed by atoms with Crippen molar-refractivity contribution >= 4 is 0 Å². The molecule has 3 nitrogen and oxygen atoms in total. The minimum absolute atomic E-state index is 0.116. The number of aliphatic hydroxyl groups is 1. The van der Waals surface area contributed by atoms with Crippen LogP contribution in [0.2, 0.25) is 0 Å². The van der Waals surface area contributed by atoms with Crippen molar-refractivity contribution in [3.63, 3.8) is 0 Å². The van der Waals surface area contributed by atoms with E-state index in [1.807, 2.05) is 56.3 Å². The molecule has 112 valence electrons. The Morgan fingerprint density at radius 2 is 1.62 bits per heavy atom. The van der Waals surface area contributed by atoms with Crippen molar-refractivity contribution in [2.45, 2.75) is 32.5 Å². The zero-order chi connectivity index (χ0) is 15.1. The van der Waals surface area contributed by atoms with Crippen LogP contribution in [0.1, 0.15) is 25.0 Å². The van der Waals surface area contributed by atoms with E-state index < -0.39 is 0 Å². The minimum atomic E-state index is -0.261. The molecule has 3 heteroatoms. The average Bonchev–Trinajstić information content (AvgIpc) is 2.53. The molecule has 0 unspecified atom stereocenters. The number of benzene rings is 2. The molecule has 0 spiro atoms. The van der Waals surface area contributed by atoms with Crippen molar-refractivity contribution in [1.82, 2.24) is 5.32 Å². The second-order valence-electron chi connectivity index (χ2n) is 5.81. The topological polar surface area (TPSA) is 41.5 Å². The molecule has 0 radical (unpaired) electrons. The molecular formula is C18H23NO2. The molecule has 0 fully saturated rings. The SMILES string of the molecule is CC(C)(CO)NCc1ccc(OCc2ccccc2)cc1. The summed E-state index contributed by atoms with van der Waals surface area (Å²) in [5, 5.41) is 12.5. The molecule has 2 rings (SSSR count). The molecule has 0 aromatic heterocycles. The summed E-state index contributed by atoms with van der Waals surface area (Å²) in [6.07, 6.45) is 0. The maximum atomic E-state index is 9.21. The van der Waals surface area contributed by atoms with Crippen LogP contribution in [0.4, 0.5) is 0 Å². The van der Waals surface area contributed by atoms with Crippen LogP contribution in [0.5, 0.6) is 5.75 Å². The predicted octanol–water partition coefficient (Wildman–Crippen LogP) is 3.13. The highest BCUT2D eigenvalue weighted by molar-refractivity contribution is 5.27. The quantitative estimate of drug-likeness (QED) is 0.821. The number of nitrogens with one attached hydrogen (secondary N) is 1. The summed E-state index contributed by atoms with van der Waals surface area (Å²) < 4.78 is 5.75. The summed E-state index contributed by atoms with van der Waals surface area (Å²) >= 11 is 0. The van der Waals surface area contributed by atoms with Gasteiger partial charge in [0.25, 0.3) is 0 Å². The van der Waals surface area contributed by atoms with Crippen LogP contribution in [0.3, 0.4) is 0 Å². The normalized spacial score (nSPS) is 11.4. The molecule has 0 aliphatic carbocycles. The fraction of sp³-hybridized carbons (Fsp3) is 0.333. The van der Waals surface area contributed by atoms with Gasteiger partial charge in [-0.15, -0.1) is 0 Å². The van der Waals surface area contributed by atoms with Gasteiger partial charge in [-0.05, 0) is 37.1 Å². The van der Waals surface area contributed by atoms with Crippen LogP contribution < -0.4 is 10.1 Å². The van der Waals surface area contributed by atoms with Gasteiger partial charge in [0.2, 0.25) is 0 Å². The van der Waals surface area contributed by atoms with Crippen molar-refractivity contribution in [1.29, 1.82) is 0 Å². The molecule has 0 amide bonds. The Morgan fingerprint density at radius 3 is 2.24 bits per heavy atom. The number of hydrogen-bond acceptors (Lipinski definition) is 3. The van der Waals surface area contributed by atoms with Crippen molar-refractivity contribution < 1.29 is 9.84 Å². The second-order valence-corrected chi connectivity index (χ2v) is 5.81. The highest BCUT2D eigenvalue weighted by Crippen LogP contribution is 2.15. The third-order valence-corrected chi connectivity index (χ3v) is 3.34. The third-order valence-electron chi connectivity index (χ3n) is 3.34. The van der Waals surface area contributed by atoms with Gasteiger partial charge in [0.05, 0.1) is 6.61 Å². The number of ether oxygens (including phenoxy) is 1. The van der Waals surface area contributed by atoms with Gasteiger partial charge in [0.15, 0.2) is 0 Å². The molecule has 21 heavy (non-hydrogen) atoms. The summed E-state index contributed by atoms with van der Waals surface area (Å²) in [4.78, 5) is 0. The van der Waals surface area contributed by atoms with E-state index in [0.717, 1.165) is 17.9 Å². The molecule has 0 heterocycles. The first-order valence-electron chi connectivity index (χ1n) is 7.21. The summed E-state index contributed by atoms with van der Waals surface area (Å²) in [6.45, 7) is 5.38. The molecular weight excluding hydrogens is 262 g/mol. The van der Waals surface area contributed by atoms with Gasteiger partial charge in [0.1, 0.15) is 12.4 Å². The van der Waals surface area contributed by atoms with Gasteiger partial charge in [0, 0.05) is 12.1 Å². The van der Waals surface area contributed by atoms with Crippen LogP contribution in [0.25, 0.3) is 0 Å². The lowest BCUT2D eigenvalue weighted by Crippen LogP contribution is -2.42. The number of hydrogen-bond donors (Lipinski definition) is 2. The van der Waals surface area contributed by atoms with E-state index in [4.69, 9.17) is 4.74 Å².